The van der Waals surface area contributed by atoms with Crippen molar-refractivity contribution in [3.63, 3.8) is 0 Å². The summed E-state index contributed by atoms with van der Waals surface area (Å²) in [5.41, 5.74) is 1.56. The van der Waals surface area contributed by atoms with Crippen molar-refractivity contribution in [2.24, 2.45) is 11.1 Å². The van der Waals surface area contributed by atoms with E-state index in [1.54, 1.807) is 23.6 Å². The fraction of sp³-hybridized carbons (Fsp3) is 0.286. The normalized spacial score (nSPS) is 18.9. The maximum absolute atomic E-state index is 12.3. The van der Waals surface area contributed by atoms with E-state index in [1.807, 2.05) is 28.8 Å². The Balaban J connectivity index is 1.91. The first-order valence-electron chi connectivity index (χ1n) is 6.82. The number of hydrogen-bond donors (Lipinski definition) is 1. The van der Waals surface area contributed by atoms with Crippen molar-refractivity contribution in [2.45, 2.75) is 6.42 Å². The summed E-state index contributed by atoms with van der Waals surface area (Å²) in [4.78, 5) is 17.9. The molecule has 1 aromatic heterocycles. The highest BCUT2D eigenvalue weighted by Gasteiger charge is 2.33. The first-order chi connectivity index (χ1) is 10.4. The summed E-state index contributed by atoms with van der Waals surface area (Å²) in [5, 5.41) is 5.08. The fourth-order valence-electron chi connectivity index (χ4n) is 2.77. The van der Waals surface area contributed by atoms with Crippen LogP contribution < -0.4 is 10.0 Å². The number of nitrogens with zero attached hydrogens (tertiary/aromatic N) is 3. The van der Waals surface area contributed by atoms with Crippen molar-refractivity contribution in [1.29, 1.82) is 0 Å². The summed E-state index contributed by atoms with van der Waals surface area (Å²) in [7, 11) is -3.58. The smallest absolute Gasteiger partial charge is 0.227 e. The molecular weight excluding hydrogens is 304 g/mol. The third-order valence-corrected chi connectivity index (χ3v) is 4.56. The van der Waals surface area contributed by atoms with Gasteiger partial charge in [-0.1, -0.05) is 12.1 Å². The number of para-hydroxylation sites is 2. The zero-order valence-electron chi connectivity index (χ0n) is 11.8. The highest BCUT2D eigenvalue weighted by atomic mass is 32.2. The zero-order chi connectivity index (χ0) is 15.7. The number of rotatable bonds is 4. The molecule has 1 aliphatic heterocycles. The number of anilines is 1. The molecule has 1 amide bonds. The number of primary sulfonamides is 1. The van der Waals surface area contributed by atoms with E-state index in [1.165, 1.54) is 0 Å². The Kier molecular flexibility index (Phi) is 3.71. The second-order valence-corrected chi connectivity index (χ2v) is 7.02. The van der Waals surface area contributed by atoms with Gasteiger partial charge in [-0.15, -0.1) is 0 Å². The fourth-order valence-corrected chi connectivity index (χ4v) is 3.65. The van der Waals surface area contributed by atoms with E-state index < -0.39 is 10.0 Å². The van der Waals surface area contributed by atoms with E-state index in [0.717, 1.165) is 11.4 Å². The van der Waals surface area contributed by atoms with Crippen LogP contribution in [0.1, 0.15) is 6.42 Å². The standard InChI is InChI=1S/C14H16N4O3S/c15-22(20,21)9-11-7-14(19)18(8-11)13-4-2-1-3-12(13)17-6-5-16-10-17/h1-6,10-11H,7-9H2,(H2,15,20,21). The van der Waals surface area contributed by atoms with Gasteiger partial charge in [0.05, 0.1) is 23.5 Å². The van der Waals surface area contributed by atoms with Crippen LogP contribution >= 0.6 is 0 Å². The van der Waals surface area contributed by atoms with Crippen LogP contribution in [0.5, 0.6) is 0 Å². The average molecular weight is 320 g/mol. The number of amides is 1. The molecule has 0 bridgehead atoms. The Morgan fingerprint density at radius 2 is 2.00 bits per heavy atom. The summed E-state index contributed by atoms with van der Waals surface area (Å²) in [6, 6.07) is 7.45. The van der Waals surface area contributed by atoms with Gasteiger partial charge in [-0.25, -0.2) is 18.5 Å². The molecule has 1 atom stereocenters. The van der Waals surface area contributed by atoms with Crippen molar-refractivity contribution in [1.82, 2.24) is 9.55 Å². The number of sulfonamides is 1. The highest BCUT2D eigenvalue weighted by molar-refractivity contribution is 7.89. The molecule has 1 fully saturated rings. The predicted octanol–water partition coefficient (Wildman–Crippen LogP) is 0.514. The van der Waals surface area contributed by atoms with Gasteiger partial charge < -0.3 is 9.47 Å². The van der Waals surface area contributed by atoms with Gasteiger partial charge in [0.2, 0.25) is 15.9 Å². The molecule has 1 aromatic carbocycles. The van der Waals surface area contributed by atoms with Gasteiger partial charge >= 0.3 is 0 Å². The minimum absolute atomic E-state index is 0.0961. The van der Waals surface area contributed by atoms with Gasteiger partial charge in [-0.05, 0) is 12.1 Å². The first-order valence-corrected chi connectivity index (χ1v) is 8.54. The molecule has 0 saturated carbocycles. The largest absolute Gasteiger partial charge is 0.310 e. The summed E-state index contributed by atoms with van der Waals surface area (Å²) in [5.74, 6) is -0.554. The molecule has 8 heteroatoms. The third-order valence-electron chi connectivity index (χ3n) is 3.63. The van der Waals surface area contributed by atoms with Gasteiger partial charge in [0, 0.05) is 31.3 Å². The Bertz CT molecular complexity index is 786. The number of aromatic nitrogens is 2. The molecule has 1 saturated heterocycles. The maximum atomic E-state index is 12.3. The van der Waals surface area contributed by atoms with Crippen molar-refractivity contribution in [3.05, 3.63) is 43.0 Å². The summed E-state index contributed by atoms with van der Waals surface area (Å²) < 4.78 is 24.3. The third kappa shape index (κ3) is 3.02. The lowest BCUT2D eigenvalue weighted by Gasteiger charge is -2.20. The van der Waals surface area contributed by atoms with Crippen molar-refractivity contribution in [3.8, 4) is 5.69 Å². The predicted molar refractivity (Wildman–Crippen MR) is 82.0 cm³/mol. The van der Waals surface area contributed by atoms with E-state index in [0.29, 0.717) is 6.54 Å². The van der Waals surface area contributed by atoms with Crippen LogP contribution in [0.25, 0.3) is 5.69 Å². The Labute approximate surface area is 128 Å². The molecule has 0 spiro atoms. The number of hydrogen-bond acceptors (Lipinski definition) is 4. The lowest BCUT2D eigenvalue weighted by atomic mass is 10.1. The quantitative estimate of drug-likeness (QED) is 0.887. The van der Waals surface area contributed by atoms with E-state index >= 15 is 0 Å². The number of imidazole rings is 1. The van der Waals surface area contributed by atoms with E-state index in [9.17, 15) is 13.2 Å². The van der Waals surface area contributed by atoms with Gasteiger partial charge in [-0.2, -0.15) is 0 Å². The lowest BCUT2D eigenvalue weighted by Crippen LogP contribution is -2.28. The molecule has 2 aromatic rings. The average Bonchev–Trinajstić information content (AvgIpc) is 3.07. The van der Waals surface area contributed by atoms with E-state index in [4.69, 9.17) is 5.14 Å². The minimum Gasteiger partial charge on any atom is -0.310 e. The molecule has 7 nitrogen and oxygen atoms in total. The molecule has 2 heterocycles. The lowest BCUT2D eigenvalue weighted by molar-refractivity contribution is -0.117. The van der Waals surface area contributed by atoms with Crippen LogP contribution in [0, 0.1) is 5.92 Å². The van der Waals surface area contributed by atoms with Crippen LogP contribution in [0.3, 0.4) is 0 Å². The zero-order valence-corrected chi connectivity index (χ0v) is 12.6. The second kappa shape index (κ2) is 5.54. The molecule has 3 rings (SSSR count). The molecule has 1 aliphatic rings. The molecule has 1 unspecified atom stereocenters. The summed E-state index contributed by atoms with van der Waals surface area (Å²) in [6.45, 7) is 0.348. The molecule has 22 heavy (non-hydrogen) atoms. The van der Waals surface area contributed by atoms with Gasteiger partial charge in [-0.3, -0.25) is 4.79 Å². The van der Waals surface area contributed by atoms with Crippen LogP contribution in [-0.4, -0.2) is 36.2 Å². The van der Waals surface area contributed by atoms with E-state index in [2.05, 4.69) is 4.98 Å². The van der Waals surface area contributed by atoms with Crippen LogP contribution in [0.15, 0.2) is 43.0 Å². The highest BCUT2D eigenvalue weighted by Crippen LogP contribution is 2.30. The second-order valence-electron chi connectivity index (χ2n) is 5.36. The minimum atomic E-state index is -3.58. The molecule has 2 N–H and O–H groups in total. The molecule has 0 radical (unpaired) electrons. The number of carbonyl (C=O) groups is 1. The number of carbonyl (C=O) groups excluding carboxylic acids is 1. The first kappa shape index (κ1) is 14.7. The number of nitrogens with two attached hydrogens (primary N) is 1. The van der Waals surface area contributed by atoms with Crippen molar-refractivity contribution in [2.75, 3.05) is 17.2 Å². The molecular formula is C14H16N4O3S. The summed E-state index contributed by atoms with van der Waals surface area (Å²) in [6.07, 6.45) is 5.30. The van der Waals surface area contributed by atoms with Crippen LogP contribution in [-0.2, 0) is 14.8 Å². The van der Waals surface area contributed by atoms with Gasteiger partial charge in [0.1, 0.15) is 0 Å². The Morgan fingerprint density at radius 3 is 2.64 bits per heavy atom. The SMILES string of the molecule is NS(=O)(=O)CC1CC(=O)N(c2ccccc2-n2ccnc2)C1. The maximum Gasteiger partial charge on any atom is 0.227 e. The monoisotopic (exact) mass is 320 g/mol. The molecule has 116 valence electrons. The van der Waals surface area contributed by atoms with Crippen molar-refractivity contribution >= 4 is 21.6 Å². The topological polar surface area (TPSA) is 98.3 Å². The Morgan fingerprint density at radius 1 is 1.27 bits per heavy atom. The van der Waals surface area contributed by atoms with Crippen molar-refractivity contribution < 1.29 is 13.2 Å². The molecule has 0 aliphatic carbocycles. The van der Waals surface area contributed by atoms with Crippen LogP contribution in [0.2, 0.25) is 0 Å². The Hall–Kier alpha value is -2.19. The van der Waals surface area contributed by atoms with Gasteiger partial charge in [0.15, 0.2) is 0 Å². The van der Waals surface area contributed by atoms with E-state index in [-0.39, 0.29) is 24.0 Å². The van der Waals surface area contributed by atoms with Gasteiger partial charge in [0.25, 0.3) is 0 Å². The summed E-state index contributed by atoms with van der Waals surface area (Å²) >= 11 is 0. The number of benzene rings is 1. The van der Waals surface area contributed by atoms with Crippen LogP contribution in [0.4, 0.5) is 5.69 Å².